The van der Waals surface area contributed by atoms with Gasteiger partial charge in [-0.3, -0.25) is 19.5 Å². The summed E-state index contributed by atoms with van der Waals surface area (Å²) >= 11 is 0. The number of β-lactam (4-membered cyclic amide) rings is 1. The third-order valence-corrected chi connectivity index (χ3v) is 6.13. The van der Waals surface area contributed by atoms with Crippen LogP contribution in [0.1, 0.15) is 12.0 Å². The standard InChI is InChI=1S/C27H23N3O4/c1-33-22-9-3-7-20(15-22)29-26(32)27(19-11-12-24-18(14-19)6-5-13-28-24)17-25(31)30(27)21-8-4-10-23(16-21)34-2/h3-16H,17H2,1-2H3,(H,29,32). The molecule has 4 aromatic rings. The summed E-state index contributed by atoms with van der Waals surface area (Å²) in [4.78, 5) is 32.9. The van der Waals surface area contributed by atoms with Crippen molar-refractivity contribution in [3.05, 3.63) is 90.6 Å². The normalized spacial score (nSPS) is 17.2. The summed E-state index contributed by atoms with van der Waals surface area (Å²) < 4.78 is 10.7. The number of carbonyl (C=O) groups is 2. The minimum Gasteiger partial charge on any atom is -0.497 e. The second-order valence-corrected chi connectivity index (χ2v) is 8.06. The van der Waals surface area contributed by atoms with E-state index in [9.17, 15) is 9.59 Å². The Morgan fingerprint density at radius 2 is 1.71 bits per heavy atom. The van der Waals surface area contributed by atoms with Crippen LogP contribution in [0.4, 0.5) is 11.4 Å². The summed E-state index contributed by atoms with van der Waals surface area (Å²) in [5.74, 6) is 0.756. The predicted octanol–water partition coefficient (Wildman–Crippen LogP) is 4.52. The number of pyridine rings is 1. The summed E-state index contributed by atoms with van der Waals surface area (Å²) in [5, 5.41) is 3.88. The van der Waals surface area contributed by atoms with Crippen LogP contribution in [0.3, 0.4) is 0 Å². The van der Waals surface area contributed by atoms with Gasteiger partial charge in [0, 0.05) is 35.1 Å². The van der Waals surface area contributed by atoms with E-state index in [2.05, 4.69) is 10.3 Å². The van der Waals surface area contributed by atoms with Crippen LogP contribution in [0.15, 0.2) is 85.1 Å². The highest BCUT2D eigenvalue weighted by molar-refractivity contribution is 6.17. The Morgan fingerprint density at radius 1 is 0.941 bits per heavy atom. The maximum atomic E-state index is 13.9. The van der Waals surface area contributed by atoms with E-state index in [0.29, 0.717) is 28.4 Å². The largest absolute Gasteiger partial charge is 0.497 e. The molecule has 2 heterocycles. The maximum Gasteiger partial charge on any atom is 0.255 e. The van der Waals surface area contributed by atoms with Gasteiger partial charge in [-0.15, -0.1) is 0 Å². The molecule has 34 heavy (non-hydrogen) atoms. The Kier molecular flexibility index (Phi) is 5.37. The first-order chi connectivity index (χ1) is 16.5. The van der Waals surface area contributed by atoms with Crippen molar-refractivity contribution < 1.29 is 19.1 Å². The number of anilines is 2. The average Bonchev–Trinajstić information content (AvgIpc) is 2.86. The zero-order valence-electron chi connectivity index (χ0n) is 18.8. The number of fused-ring (bicyclic) bond motifs is 1. The van der Waals surface area contributed by atoms with Crippen molar-refractivity contribution in [2.45, 2.75) is 12.0 Å². The molecular formula is C27H23N3O4. The molecule has 1 aliphatic rings. The van der Waals surface area contributed by atoms with Crippen LogP contribution < -0.4 is 19.7 Å². The fourth-order valence-corrected chi connectivity index (χ4v) is 4.42. The van der Waals surface area contributed by atoms with Crippen molar-refractivity contribution in [2.24, 2.45) is 0 Å². The number of nitrogens with zero attached hydrogens (tertiary/aromatic N) is 2. The molecule has 0 bridgehead atoms. The number of amides is 2. The van der Waals surface area contributed by atoms with Gasteiger partial charge in [-0.25, -0.2) is 0 Å². The third kappa shape index (κ3) is 3.51. The third-order valence-electron chi connectivity index (χ3n) is 6.13. The lowest BCUT2D eigenvalue weighted by Gasteiger charge is -2.50. The van der Waals surface area contributed by atoms with E-state index in [1.165, 1.54) is 0 Å². The summed E-state index contributed by atoms with van der Waals surface area (Å²) in [6, 6.07) is 23.7. The van der Waals surface area contributed by atoms with Crippen LogP contribution in [0, 0.1) is 0 Å². The van der Waals surface area contributed by atoms with Crippen molar-refractivity contribution in [3.63, 3.8) is 0 Å². The smallest absolute Gasteiger partial charge is 0.255 e. The Balaban J connectivity index is 1.64. The van der Waals surface area contributed by atoms with E-state index in [4.69, 9.17) is 9.47 Å². The van der Waals surface area contributed by atoms with Crippen LogP contribution in [0.2, 0.25) is 0 Å². The van der Waals surface area contributed by atoms with E-state index in [1.54, 1.807) is 73.8 Å². The monoisotopic (exact) mass is 453 g/mol. The molecule has 0 radical (unpaired) electrons. The molecule has 1 saturated heterocycles. The molecule has 170 valence electrons. The van der Waals surface area contributed by atoms with Gasteiger partial charge in [0.05, 0.1) is 26.2 Å². The summed E-state index contributed by atoms with van der Waals surface area (Å²) in [6.45, 7) is 0. The molecule has 3 aromatic carbocycles. The van der Waals surface area contributed by atoms with Gasteiger partial charge in [0.15, 0.2) is 5.54 Å². The Morgan fingerprint density at radius 3 is 2.47 bits per heavy atom. The zero-order chi connectivity index (χ0) is 23.7. The summed E-state index contributed by atoms with van der Waals surface area (Å²) in [5.41, 5.74) is 1.44. The molecule has 7 heteroatoms. The molecule has 1 aromatic heterocycles. The Hall–Kier alpha value is -4.39. The molecule has 0 spiro atoms. The summed E-state index contributed by atoms with van der Waals surface area (Å²) in [7, 11) is 3.14. The van der Waals surface area contributed by atoms with Crippen molar-refractivity contribution >= 4 is 34.1 Å². The van der Waals surface area contributed by atoms with Crippen LogP contribution in [-0.4, -0.2) is 31.0 Å². The molecular weight excluding hydrogens is 430 g/mol. The van der Waals surface area contributed by atoms with Crippen LogP contribution in [0.5, 0.6) is 11.5 Å². The lowest BCUT2D eigenvalue weighted by Crippen LogP contribution is -2.67. The van der Waals surface area contributed by atoms with Gasteiger partial charge in [0.25, 0.3) is 5.91 Å². The van der Waals surface area contributed by atoms with E-state index in [-0.39, 0.29) is 18.2 Å². The molecule has 2 amide bonds. The highest BCUT2D eigenvalue weighted by Gasteiger charge is 2.58. The SMILES string of the molecule is COc1cccc(NC(=O)C2(c3ccc4ncccc4c3)CC(=O)N2c2cccc(OC)c2)c1. The van der Waals surface area contributed by atoms with Crippen LogP contribution in [0.25, 0.3) is 10.9 Å². The van der Waals surface area contributed by atoms with Gasteiger partial charge in [-0.05, 0) is 48.0 Å². The first-order valence-electron chi connectivity index (χ1n) is 10.8. The molecule has 7 nitrogen and oxygen atoms in total. The molecule has 1 N–H and O–H groups in total. The van der Waals surface area contributed by atoms with Crippen molar-refractivity contribution in [2.75, 3.05) is 24.4 Å². The number of rotatable bonds is 6. The van der Waals surface area contributed by atoms with E-state index in [1.807, 2.05) is 30.3 Å². The molecule has 1 aliphatic heterocycles. The van der Waals surface area contributed by atoms with Gasteiger partial charge >= 0.3 is 0 Å². The topological polar surface area (TPSA) is 80.8 Å². The number of carbonyl (C=O) groups excluding carboxylic acids is 2. The quantitative estimate of drug-likeness (QED) is 0.434. The van der Waals surface area contributed by atoms with Gasteiger partial charge in [0.1, 0.15) is 11.5 Å². The minimum atomic E-state index is -1.24. The first-order valence-corrected chi connectivity index (χ1v) is 10.8. The average molecular weight is 453 g/mol. The van der Waals surface area contributed by atoms with Gasteiger partial charge in [-0.2, -0.15) is 0 Å². The lowest BCUT2D eigenvalue weighted by molar-refractivity contribution is -0.137. The number of methoxy groups -OCH3 is 2. The van der Waals surface area contributed by atoms with E-state index in [0.717, 1.165) is 10.9 Å². The summed E-state index contributed by atoms with van der Waals surface area (Å²) in [6.07, 6.45) is 1.76. The Bertz CT molecular complexity index is 1400. The number of benzene rings is 3. The first kappa shape index (κ1) is 21.5. The second-order valence-electron chi connectivity index (χ2n) is 8.06. The maximum absolute atomic E-state index is 13.9. The zero-order valence-corrected chi connectivity index (χ0v) is 18.8. The number of aromatic nitrogens is 1. The van der Waals surface area contributed by atoms with Gasteiger partial charge < -0.3 is 14.8 Å². The molecule has 1 unspecified atom stereocenters. The van der Waals surface area contributed by atoms with Gasteiger partial charge in [-0.1, -0.05) is 24.3 Å². The van der Waals surface area contributed by atoms with Crippen molar-refractivity contribution in [1.82, 2.24) is 4.98 Å². The lowest BCUT2D eigenvalue weighted by atomic mass is 9.75. The van der Waals surface area contributed by atoms with Crippen LogP contribution >= 0.6 is 0 Å². The van der Waals surface area contributed by atoms with Crippen molar-refractivity contribution in [3.8, 4) is 11.5 Å². The van der Waals surface area contributed by atoms with E-state index >= 15 is 0 Å². The molecule has 1 fully saturated rings. The second kappa shape index (κ2) is 8.51. The molecule has 0 aliphatic carbocycles. The fourth-order valence-electron chi connectivity index (χ4n) is 4.42. The highest BCUT2D eigenvalue weighted by Crippen LogP contribution is 2.47. The number of hydrogen-bond donors (Lipinski definition) is 1. The number of nitrogens with one attached hydrogen (secondary N) is 1. The van der Waals surface area contributed by atoms with E-state index < -0.39 is 5.54 Å². The predicted molar refractivity (Wildman–Crippen MR) is 130 cm³/mol. The minimum absolute atomic E-state index is 0.0335. The Labute approximate surface area is 196 Å². The number of hydrogen-bond acceptors (Lipinski definition) is 5. The number of ether oxygens (including phenoxy) is 2. The highest BCUT2D eigenvalue weighted by atomic mass is 16.5. The van der Waals surface area contributed by atoms with Gasteiger partial charge in [0.2, 0.25) is 5.91 Å². The molecule has 5 rings (SSSR count). The molecule has 0 saturated carbocycles. The molecule has 1 atom stereocenters. The van der Waals surface area contributed by atoms with Crippen molar-refractivity contribution in [1.29, 1.82) is 0 Å². The fraction of sp³-hybridized carbons (Fsp3) is 0.148. The van der Waals surface area contributed by atoms with Crippen LogP contribution in [-0.2, 0) is 15.1 Å².